The number of rotatable bonds is 5. The number of aromatic nitrogens is 1. The summed E-state index contributed by atoms with van der Waals surface area (Å²) >= 11 is 6.62. The summed E-state index contributed by atoms with van der Waals surface area (Å²) in [5, 5.41) is 0. The molecule has 0 radical (unpaired) electrons. The lowest BCUT2D eigenvalue weighted by atomic mass is 9.87. The third-order valence-corrected chi connectivity index (χ3v) is 6.33. The third-order valence-electron chi connectivity index (χ3n) is 3.29. The second-order valence-corrected chi connectivity index (χ2v) is 8.23. The van der Waals surface area contributed by atoms with E-state index in [1.54, 1.807) is 0 Å². The van der Waals surface area contributed by atoms with Gasteiger partial charge in [0.2, 0.25) is 0 Å². The van der Waals surface area contributed by atoms with Gasteiger partial charge in [0.05, 0.1) is 6.20 Å². The number of hydrogen-bond acceptors (Lipinski definition) is 4. The molecule has 4 nitrogen and oxygen atoms in total. The molecule has 1 heterocycles. The van der Waals surface area contributed by atoms with E-state index in [9.17, 15) is 8.42 Å². The van der Waals surface area contributed by atoms with Crippen molar-refractivity contribution in [3.8, 4) is 0 Å². The van der Waals surface area contributed by atoms with Crippen molar-refractivity contribution in [2.75, 3.05) is 6.54 Å². The molecule has 0 spiro atoms. The van der Waals surface area contributed by atoms with Gasteiger partial charge in [-0.2, -0.15) is 0 Å². The normalized spacial score (nSPS) is 18.1. The Bertz CT molecular complexity index is 481. The zero-order chi connectivity index (χ0) is 13.0. The van der Waals surface area contributed by atoms with Gasteiger partial charge in [0, 0.05) is 6.54 Å². The first kappa shape index (κ1) is 14.2. The fourth-order valence-electron chi connectivity index (χ4n) is 2.31. The summed E-state index contributed by atoms with van der Waals surface area (Å²) in [7, 11) is -3.42. The molecule has 0 aliphatic heterocycles. The summed E-state index contributed by atoms with van der Waals surface area (Å²) in [6.45, 7) is 0.502. The van der Waals surface area contributed by atoms with Crippen molar-refractivity contribution in [2.24, 2.45) is 5.92 Å². The highest BCUT2D eigenvalue weighted by molar-refractivity contribution is 7.91. The van der Waals surface area contributed by atoms with Crippen LogP contribution in [0.2, 0.25) is 4.47 Å². The van der Waals surface area contributed by atoms with Crippen molar-refractivity contribution < 1.29 is 8.42 Å². The van der Waals surface area contributed by atoms with Crippen molar-refractivity contribution in [2.45, 2.75) is 42.7 Å². The van der Waals surface area contributed by atoms with Gasteiger partial charge in [-0.3, -0.25) is 0 Å². The molecule has 0 unspecified atom stereocenters. The minimum atomic E-state index is -3.42. The smallest absolute Gasteiger partial charge is 0.232 e. The van der Waals surface area contributed by atoms with Crippen molar-refractivity contribution in [1.29, 1.82) is 0 Å². The highest BCUT2D eigenvalue weighted by Gasteiger charge is 2.18. The summed E-state index contributed by atoms with van der Waals surface area (Å²) in [4.78, 5) is 3.75. The Morgan fingerprint density at radius 1 is 1.39 bits per heavy atom. The molecular formula is C11H17ClN2O2S2. The summed E-state index contributed by atoms with van der Waals surface area (Å²) < 4.78 is 26.8. The molecule has 0 aromatic carbocycles. The summed E-state index contributed by atoms with van der Waals surface area (Å²) in [6, 6.07) is 0. The second kappa shape index (κ2) is 6.32. The molecule has 2 rings (SSSR count). The van der Waals surface area contributed by atoms with E-state index in [0.717, 1.165) is 17.8 Å². The molecule has 1 saturated carbocycles. The van der Waals surface area contributed by atoms with E-state index < -0.39 is 10.0 Å². The molecule has 102 valence electrons. The minimum absolute atomic E-state index is 0.191. The van der Waals surface area contributed by atoms with Gasteiger partial charge in [-0.25, -0.2) is 18.1 Å². The van der Waals surface area contributed by atoms with Crippen LogP contribution in [0, 0.1) is 5.92 Å². The van der Waals surface area contributed by atoms with E-state index in [0.29, 0.717) is 12.5 Å². The van der Waals surface area contributed by atoms with Crippen LogP contribution in [0.25, 0.3) is 0 Å². The maximum atomic E-state index is 11.9. The number of nitrogens with zero attached hydrogens (tertiary/aromatic N) is 1. The van der Waals surface area contributed by atoms with Gasteiger partial charge in [0.25, 0.3) is 10.0 Å². The van der Waals surface area contributed by atoms with Gasteiger partial charge in [-0.05, 0) is 12.3 Å². The van der Waals surface area contributed by atoms with Gasteiger partial charge in [-0.15, -0.1) is 0 Å². The zero-order valence-electron chi connectivity index (χ0n) is 10.1. The Labute approximate surface area is 117 Å². The van der Waals surface area contributed by atoms with Crippen molar-refractivity contribution in [1.82, 2.24) is 9.71 Å². The molecule has 1 aromatic heterocycles. The number of sulfonamides is 1. The highest BCUT2D eigenvalue weighted by Crippen LogP contribution is 2.26. The molecular weight excluding hydrogens is 292 g/mol. The fourth-order valence-corrected chi connectivity index (χ4v) is 4.69. The Balaban J connectivity index is 1.82. The number of thiazole rings is 1. The SMILES string of the molecule is O=S(=O)(NCCC1CCCCC1)c1cnc(Cl)s1. The highest BCUT2D eigenvalue weighted by atomic mass is 35.5. The quantitative estimate of drug-likeness (QED) is 0.909. The van der Waals surface area contributed by atoms with Gasteiger partial charge >= 0.3 is 0 Å². The summed E-state index contributed by atoms with van der Waals surface area (Å²) in [6.07, 6.45) is 8.56. The van der Waals surface area contributed by atoms with Gasteiger partial charge in [-0.1, -0.05) is 55.0 Å². The van der Waals surface area contributed by atoms with E-state index in [1.165, 1.54) is 38.3 Å². The molecule has 0 atom stereocenters. The molecule has 1 N–H and O–H groups in total. The van der Waals surface area contributed by atoms with Crippen molar-refractivity contribution in [3.05, 3.63) is 10.7 Å². The lowest BCUT2D eigenvalue weighted by Crippen LogP contribution is -2.26. The Morgan fingerprint density at radius 2 is 2.11 bits per heavy atom. The van der Waals surface area contributed by atoms with E-state index in [4.69, 9.17) is 11.6 Å². The Morgan fingerprint density at radius 3 is 2.72 bits per heavy atom. The van der Waals surface area contributed by atoms with Gasteiger partial charge < -0.3 is 0 Å². The second-order valence-electron chi connectivity index (χ2n) is 4.62. The van der Waals surface area contributed by atoms with E-state index in [-0.39, 0.29) is 8.68 Å². The first-order valence-electron chi connectivity index (χ1n) is 6.19. The molecule has 1 fully saturated rings. The first-order valence-corrected chi connectivity index (χ1v) is 8.87. The van der Waals surface area contributed by atoms with Gasteiger partial charge in [0.1, 0.15) is 0 Å². The lowest BCUT2D eigenvalue weighted by molar-refractivity contribution is 0.340. The molecule has 18 heavy (non-hydrogen) atoms. The Kier molecular flexibility index (Phi) is 5.00. The molecule has 0 saturated heterocycles. The van der Waals surface area contributed by atoms with Crippen LogP contribution in [0.1, 0.15) is 38.5 Å². The molecule has 0 bridgehead atoms. The number of nitrogens with one attached hydrogen (secondary N) is 1. The molecule has 1 aliphatic rings. The maximum Gasteiger partial charge on any atom is 0.251 e. The molecule has 7 heteroatoms. The van der Waals surface area contributed by atoms with Crippen molar-refractivity contribution in [3.63, 3.8) is 0 Å². The average molecular weight is 309 g/mol. The number of hydrogen-bond donors (Lipinski definition) is 1. The third kappa shape index (κ3) is 3.91. The van der Waals surface area contributed by atoms with Crippen LogP contribution in [-0.2, 0) is 10.0 Å². The van der Waals surface area contributed by atoms with Crippen LogP contribution in [0.15, 0.2) is 10.4 Å². The topological polar surface area (TPSA) is 59.1 Å². The summed E-state index contributed by atoms with van der Waals surface area (Å²) in [5.41, 5.74) is 0. The van der Waals surface area contributed by atoms with E-state index in [2.05, 4.69) is 9.71 Å². The zero-order valence-corrected chi connectivity index (χ0v) is 12.5. The molecule has 1 aromatic rings. The lowest BCUT2D eigenvalue weighted by Gasteiger charge is -2.21. The van der Waals surface area contributed by atoms with Crippen LogP contribution >= 0.6 is 22.9 Å². The van der Waals surface area contributed by atoms with E-state index >= 15 is 0 Å². The van der Waals surface area contributed by atoms with Crippen LogP contribution < -0.4 is 4.72 Å². The largest absolute Gasteiger partial charge is 0.251 e. The monoisotopic (exact) mass is 308 g/mol. The van der Waals surface area contributed by atoms with Crippen LogP contribution in [-0.4, -0.2) is 19.9 Å². The fraction of sp³-hybridized carbons (Fsp3) is 0.727. The average Bonchev–Trinajstić information content (AvgIpc) is 2.78. The Hall–Kier alpha value is -0.170. The first-order chi connectivity index (χ1) is 8.58. The van der Waals surface area contributed by atoms with E-state index in [1.807, 2.05) is 0 Å². The van der Waals surface area contributed by atoms with Crippen LogP contribution in [0.3, 0.4) is 0 Å². The van der Waals surface area contributed by atoms with Crippen LogP contribution in [0.5, 0.6) is 0 Å². The standard InChI is InChI=1S/C11H17ClN2O2S2/c12-11-13-8-10(17-11)18(15,16)14-7-6-9-4-2-1-3-5-9/h8-9,14H,1-7H2. The molecule has 1 aliphatic carbocycles. The maximum absolute atomic E-state index is 11.9. The predicted octanol–water partition coefficient (Wildman–Crippen LogP) is 3.05. The molecule has 0 amide bonds. The predicted molar refractivity (Wildman–Crippen MR) is 73.5 cm³/mol. The summed E-state index contributed by atoms with van der Waals surface area (Å²) in [5.74, 6) is 0.673. The number of halogens is 1. The minimum Gasteiger partial charge on any atom is -0.232 e. The van der Waals surface area contributed by atoms with Gasteiger partial charge in [0.15, 0.2) is 8.68 Å². The van der Waals surface area contributed by atoms with Crippen LogP contribution in [0.4, 0.5) is 0 Å². The van der Waals surface area contributed by atoms with Crippen molar-refractivity contribution >= 4 is 33.0 Å².